The number of aromatic nitrogens is 1. The van der Waals surface area contributed by atoms with Crippen molar-refractivity contribution < 1.29 is 19.1 Å². The molecule has 0 spiro atoms. The summed E-state index contributed by atoms with van der Waals surface area (Å²) in [5, 5.41) is 5.76. The Bertz CT molecular complexity index is 512. The number of nitrogens with one attached hydrogen (secondary N) is 2. The summed E-state index contributed by atoms with van der Waals surface area (Å²) in [7, 11) is 1.35. The van der Waals surface area contributed by atoms with E-state index in [4.69, 9.17) is 4.74 Å². The summed E-state index contributed by atoms with van der Waals surface area (Å²) >= 11 is 0. The van der Waals surface area contributed by atoms with Crippen LogP contribution in [0.25, 0.3) is 0 Å². The Morgan fingerprint density at radius 2 is 1.95 bits per heavy atom. The maximum Gasteiger partial charge on any atom is 0.407 e. The first-order valence-electron chi connectivity index (χ1n) is 7.01. The Kier molecular flexibility index (Phi) is 6.62. The van der Waals surface area contributed by atoms with Gasteiger partial charge < -0.3 is 20.1 Å². The molecule has 0 radical (unpaired) electrons. The standard InChI is InChI=1S/C15H23N3O4/c1-15(2,3)22-14(20)18-6-5-17-12-7-11(9-16-10-12)8-13(19)21-4/h7,9-10,17H,5-6,8H2,1-4H3,(H,18,20). The van der Waals surface area contributed by atoms with Crippen molar-refractivity contribution in [2.75, 3.05) is 25.5 Å². The normalized spacial score (nSPS) is 10.7. The molecule has 1 heterocycles. The summed E-state index contributed by atoms with van der Waals surface area (Å²) in [6.07, 6.45) is 2.98. The summed E-state index contributed by atoms with van der Waals surface area (Å²) in [6, 6.07) is 1.82. The highest BCUT2D eigenvalue weighted by Gasteiger charge is 2.15. The van der Waals surface area contributed by atoms with Crippen LogP contribution in [0, 0.1) is 0 Å². The van der Waals surface area contributed by atoms with Crippen LogP contribution in [-0.4, -0.2) is 42.8 Å². The van der Waals surface area contributed by atoms with Crippen LogP contribution in [0.3, 0.4) is 0 Å². The first-order valence-corrected chi connectivity index (χ1v) is 7.01. The van der Waals surface area contributed by atoms with Crippen LogP contribution < -0.4 is 10.6 Å². The molecule has 7 nitrogen and oxygen atoms in total. The minimum atomic E-state index is -0.510. The molecule has 1 amide bonds. The number of alkyl carbamates (subject to hydrolysis) is 1. The number of methoxy groups -OCH3 is 1. The minimum absolute atomic E-state index is 0.176. The van der Waals surface area contributed by atoms with Crippen LogP contribution >= 0.6 is 0 Å². The van der Waals surface area contributed by atoms with Crippen molar-refractivity contribution in [3.63, 3.8) is 0 Å². The highest BCUT2D eigenvalue weighted by Crippen LogP contribution is 2.09. The van der Waals surface area contributed by atoms with Crippen molar-refractivity contribution in [2.45, 2.75) is 32.8 Å². The van der Waals surface area contributed by atoms with Gasteiger partial charge in [0, 0.05) is 25.5 Å². The predicted molar refractivity (Wildman–Crippen MR) is 82.7 cm³/mol. The van der Waals surface area contributed by atoms with Gasteiger partial charge in [0.2, 0.25) is 0 Å². The number of ether oxygens (including phenoxy) is 2. The van der Waals surface area contributed by atoms with Gasteiger partial charge in [-0.25, -0.2) is 4.79 Å². The lowest BCUT2D eigenvalue weighted by Crippen LogP contribution is -2.35. The van der Waals surface area contributed by atoms with Crippen molar-refractivity contribution >= 4 is 17.7 Å². The lowest BCUT2D eigenvalue weighted by Gasteiger charge is -2.19. The van der Waals surface area contributed by atoms with Gasteiger partial charge in [0.25, 0.3) is 0 Å². The summed E-state index contributed by atoms with van der Waals surface area (Å²) < 4.78 is 9.73. The van der Waals surface area contributed by atoms with E-state index in [1.165, 1.54) is 7.11 Å². The first kappa shape index (κ1) is 17.7. The highest BCUT2D eigenvalue weighted by atomic mass is 16.6. The topological polar surface area (TPSA) is 89.5 Å². The van der Waals surface area contributed by atoms with Gasteiger partial charge in [-0.05, 0) is 32.4 Å². The Hall–Kier alpha value is -2.31. The number of rotatable bonds is 6. The molecule has 0 atom stereocenters. The molecule has 1 aromatic heterocycles. The fourth-order valence-electron chi connectivity index (χ4n) is 1.61. The van der Waals surface area contributed by atoms with Gasteiger partial charge in [-0.3, -0.25) is 9.78 Å². The predicted octanol–water partition coefficient (Wildman–Crippen LogP) is 1.73. The van der Waals surface area contributed by atoms with E-state index in [1.54, 1.807) is 12.4 Å². The Morgan fingerprint density at radius 1 is 1.23 bits per heavy atom. The van der Waals surface area contributed by atoms with Gasteiger partial charge in [-0.1, -0.05) is 0 Å². The summed E-state index contributed by atoms with van der Waals surface area (Å²) in [5.74, 6) is -0.314. The number of hydrogen-bond acceptors (Lipinski definition) is 6. The van der Waals surface area contributed by atoms with Crippen molar-refractivity contribution in [1.82, 2.24) is 10.3 Å². The number of esters is 1. The lowest BCUT2D eigenvalue weighted by atomic mass is 10.2. The number of anilines is 1. The molecule has 2 N–H and O–H groups in total. The molecule has 22 heavy (non-hydrogen) atoms. The number of pyridine rings is 1. The van der Waals surface area contributed by atoms with Crippen LogP contribution in [0.2, 0.25) is 0 Å². The van der Waals surface area contributed by atoms with Crippen molar-refractivity contribution in [3.8, 4) is 0 Å². The molecule has 0 aliphatic carbocycles. The van der Waals surface area contributed by atoms with Crippen molar-refractivity contribution in [3.05, 3.63) is 24.0 Å². The largest absolute Gasteiger partial charge is 0.469 e. The van der Waals surface area contributed by atoms with Gasteiger partial charge in [0.05, 0.1) is 19.2 Å². The molecule has 1 rings (SSSR count). The third-order valence-electron chi connectivity index (χ3n) is 2.49. The van der Waals surface area contributed by atoms with E-state index in [2.05, 4.69) is 20.4 Å². The fourth-order valence-corrected chi connectivity index (χ4v) is 1.61. The second-order valence-electron chi connectivity index (χ2n) is 5.69. The van der Waals surface area contributed by atoms with E-state index in [0.717, 1.165) is 11.3 Å². The first-order chi connectivity index (χ1) is 10.3. The van der Waals surface area contributed by atoms with Crippen molar-refractivity contribution in [2.24, 2.45) is 0 Å². The molecule has 122 valence electrons. The molecular formula is C15H23N3O4. The van der Waals surface area contributed by atoms with Crippen LogP contribution in [0.5, 0.6) is 0 Å². The van der Waals surface area contributed by atoms with Gasteiger partial charge >= 0.3 is 12.1 Å². The summed E-state index contributed by atoms with van der Waals surface area (Å²) in [6.45, 7) is 6.36. The Labute approximate surface area is 130 Å². The molecule has 0 saturated heterocycles. The Morgan fingerprint density at radius 3 is 2.59 bits per heavy atom. The molecule has 0 saturated carbocycles. The quantitative estimate of drug-likeness (QED) is 0.614. The van der Waals surface area contributed by atoms with E-state index in [-0.39, 0.29) is 12.4 Å². The second kappa shape index (κ2) is 8.21. The van der Waals surface area contributed by atoms with Crippen LogP contribution in [0.4, 0.5) is 10.5 Å². The zero-order chi connectivity index (χ0) is 16.6. The van der Waals surface area contributed by atoms with E-state index in [9.17, 15) is 9.59 Å². The molecule has 1 aromatic rings. The number of hydrogen-bond donors (Lipinski definition) is 2. The molecule has 0 aromatic carbocycles. The van der Waals surface area contributed by atoms with Gasteiger partial charge in [0.15, 0.2) is 0 Å². The molecule has 0 fully saturated rings. The van der Waals surface area contributed by atoms with Crippen LogP contribution in [0.1, 0.15) is 26.3 Å². The smallest absolute Gasteiger partial charge is 0.407 e. The maximum atomic E-state index is 11.5. The number of carbonyl (C=O) groups excluding carboxylic acids is 2. The monoisotopic (exact) mass is 309 g/mol. The molecule has 0 bridgehead atoms. The third-order valence-corrected chi connectivity index (χ3v) is 2.49. The zero-order valence-corrected chi connectivity index (χ0v) is 13.4. The van der Waals surface area contributed by atoms with Crippen LogP contribution in [-0.2, 0) is 20.7 Å². The number of nitrogens with zero attached hydrogens (tertiary/aromatic N) is 1. The molecule has 0 aliphatic rings. The van der Waals surface area contributed by atoms with Gasteiger partial charge in [0.1, 0.15) is 5.60 Å². The average molecular weight is 309 g/mol. The lowest BCUT2D eigenvalue weighted by molar-refractivity contribution is -0.139. The van der Waals surface area contributed by atoms with E-state index < -0.39 is 11.7 Å². The zero-order valence-electron chi connectivity index (χ0n) is 13.4. The second-order valence-corrected chi connectivity index (χ2v) is 5.69. The number of amides is 1. The van der Waals surface area contributed by atoms with Gasteiger partial charge in [-0.2, -0.15) is 0 Å². The Balaban J connectivity index is 2.35. The minimum Gasteiger partial charge on any atom is -0.469 e. The molecule has 0 unspecified atom stereocenters. The molecule has 0 aliphatic heterocycles. The van der Waals surface area contributed by atoms with Crippen molar-refractivity contribution in [1.29, 1.82) is 0 Å². The summed E-state index contributed by atoms with van der Waals surface area (Å²) in [4.78, 5) is 26.7. The summed E-state index contributed by atoms with van der Waals surface area (Å²) in [5.41, 5.74) is 1.02. The molecule has 7 heteroatoms. The van der Waals surface area contributed by atoms with E-state index in [1.807, 2.05) is 26.8 Å². The maximum absolute atomic E-state index is 11.5. The highest BCUT2D eigenvalue weighted by molar-refractivity contribution is 5.72. The third kappa shape index (κ3) is 7.47. The van der Waals surface area contributed by atoms with E-state index in [0.29, 0.717) is 13.1 Å². The SMILES string of the molecule is COC(=O)Cc1cncc(NCCNC(=O)OC(C)(C)C)c1. The van der Waals surface area contributed by atoms with E-state index >= 15 is 0 Å². The van der Waals surface area contributed by atoms with Gasteiger partial charge in [-0.15, -0.1) is 0 Å². The average Bonchev–Trinajstić information content (AvgIpc) is 2.42. The molecular weight excluding hydrogens is 286 g/mol. The fraction of sp³-hybridized carbons (Fsp3) is 0.533. The number of carbonyl (C=O) groups is 2. The van der Waals surface area contributed by atoms with Crippen LogP contribution in [0.15, 0.2) is 18.5 Å².